The average Bonchev–Trinajstić information content (AvgIpc) is 3.06. The van der Waals surface area contributed by atoms with Gasteiger partial charge in [0.25, 0.3) is 0 Å². The predicted molar refractivity (Wildman–Crippen MR) is 97.8 cm³/mol. The summed E-state index contributed by atoms with van der Waals surface area (Å²) in [4.78, 5) is 7.52. The van der Waals surface area contributed by atoms with Crippen molar-refractivity contribution in [1.29, 1.82) is 0 Å². The van der Waals surface area contributed by atoms with Crippen LogP contribution in [0.25, 0.3) is 33.4 Å². The molecule has 4 aromatic rings. The second-order valence-corrected chi connectivity index (χ2v) is 6.33. The first-order valence-electron chi connectivity index (χ1n) is 7.89. The molecule has 0 atom stereocenters. The highest BCUT2D eigenvalue weighted by Crippen LogP contribution is 2.30. The SMILES string of the molecule is OCc1c(F)ccc(-c2cc3cc(-c4ccc(Cl)cc4)[nH]c3cn2)c1F. The lowest BCUT2D eigenvalue weighted by atomic mass is 10.0. The van der Waals surface area contributed by atoms with Crippen LogP contribution in [0, 0.1) is 11.6 Å². The monoisotopic (exact) mass is 370 g/mol. The van der Waals surface area contributed by atoms with E-state index in [2.05, 4.69) is 9.97 Å². The Morgan fingerprint density at radius 2 is 1.81 bits per heavy atom. The number of aromatic amines is 1. The predicted octanol–water partition coefficient (Wildman–Crippen LogP) is 5.32. The Morgan fingerprint density at radius 3 is 2.54 bits per heavy atom. The number of benzene rings is 2. The number of aliphatic hydroxyl groups excluding tert-OH is 1. The van der Waals surface area contributed by atoms with Gasteiger partial charge in [-0.25, -0.2) is 8.78 Å². The molecule has 0 radical (unpaired) electrons. The van der Waals surface area contributed by atoms with Crippen molar-refractivity contribution in [3.05, 3.63) is 76.9 Å². The van der Waals surface area contributed by atoms with Crippen molar-refractivity contribution >= 4 is 22.5 Å². The fraction of sp³-hybridized carbons (Fsp3) is 0.0500. The van der Waals surface area contributed by atoms with Crippen molar-refractivity contribution in [2.24, 2.45) is 0 Å². The Labute approximate surface area is 152 Å². The Balaban J connectivity index is 1.80. The molecule has 26 heavy (non-hydrogen) atoms. The number of nitrogens with zero attached hydrogens (tertiary/aromatic N) is 1. The van der Waals surface area contributed by atoms with Crippen molar-refractivity contribution in [2.75, 3.05) is 0 Å². The summed E-state index contributed by atoms with van der Waals surface area (Å²) in [6.07, 6.45) is 1.60. The van der Waals surface area contributed by atoms with Gasteiger partial charge in [0.2, 0.25) is 0 Å². The van der Waals surface area contributed by atoms with Gasteiger partial charge in [0.15, 0.2) is 0 Å². The Hall–Kier alpha value is -2.76. The number of hydrogen-bond acceptors (Lipinski definition) is 2. The molecular weight excluding hydrogens is 358 g/mol. The standard InChI is InChI=1S/C20H13ClF2N2O/c21-13-3-1-11(2-4-13)17-7-12-8-18(24-9-19(12)25-17)14-5-6-16(22)15(10-26)20(14)23/h1-9,25-26H,10H2. The Morgan fingerprint density at radius 1 is 1.04 bits per heavy atom. The summed E-state index contributed by atoms with van der Waals surface area (Å²) in [5.74, 6) is -1.57. The number of H-pyrrole nitrogens is 1. The van der Waals surface area contributed by atoms with E-state index in [1.54, 1.807) is 24.4 Å². The van der Waals surface area contributed by atoms with E-state index < -0.39 is 18.2 Å². The molecule has 0 amide bonds. The van der Waals surface area contributed by atoms with E-state index in [1.807, 2.05) is 18.2 Å². The van der Waals surface area contributed by atoms with Crippen LogP contribution < -0.4 is 0 Å². The van der Waals surface area contributed by atoms with Gasteiger partial charge in [-0.3, -0.25) is 4.98 Å². The third-order valence-corrected chi connectivity index (χ3v) is 4.53. The van der Waals surface area contributed by atoms with Gasteiger partial charge in [0.1, 0.15) is 11.6 Å². The van der Waals surface area contributed by atoms with E-state index in [0.29, 0.717) is 10.7 Å². The lowest BCUT2D eigenvalue weighted by Crippen LogP contribution is -1.98. The first-order valence-corrected chi connectivity index (χ1v) is 8.27. The molecule has 3 nitrogen and oxygen atoms in total. The summed E-state index contributed by atoms with van der Waals surface area (Å²) in [7, 11) is 0. The first-order chi connectivity index (χ1) is 12.6. The van der Waals surface area contributed by atoms with Crippen LogP contribution in [0.1, 0.15) is 5.56 Å². The van der Waals surface area contributed by atoms with E-state index >= 15 is 0 Å². The molecule has 130 valence electrons. The van der Waals surface area contributed by atoms with Crippen LogP contribution in [0.15, 0.2) is 54.7 Å². The van der Waals surface area contributed by atoms with Gasteiger partial charge in [0, 0.05) is 27.2 Å². The van der Waals surface area contributed by atoms with Crippen molar-refractivity contribution in [3.63, 3.8) is 0 Å². The van der Waals surface area contributed by atoms with Gasteiger partial charge in [-0.1, -0.05) is 23.7 Å². The van der Waals surface area contributed by atoms with Gasteiger partial charge in [-0.15, -0.1) is 0 Å². The quantitative estimate of drug-likeness (QED) is 0.512. The number of hydrogen-bond donors (Lipinski definition) is 2. The second-order valence-electron chi connectivity index (χ2n) is 5.89. The first kappa shape index (κ1) is 16.7. The highest BCUT2D eigenvalue weighted by atomic mass is 35.5. The van der Waals surface area contributed by atoms with Gasteiger partial charge >= 0.3 is 0 Å². The summed E-state index contributed by atoms with van der Waals surface area (Å²) in [6, 6.07) is 13.5. The van der Waals surface area contributed by atoms with Crippen LogP contribution in [0.2, 0.25) is 5.02 Å². The van der Waals surface area contributed by atoms with E-state index in [4.69, 9.17) is 11.6 Å². The Kier molecular flexibility index (Phi) is 4.18. The number of aliphatic hydroxyl groups is 1. The topological polar surface area (TPSA) is 48.9 Å². The summed E-state index contributed by atoms with van der Waals surface area (Å²) in [6.45, 7) is -0.710. The summed E-state index contributed by atoms with van der Waals surface area (Å²) >= 11 is 5.92. The van der Waals surface area contributed by atoms with E-state index in [9.17, 15) is 13.9 Å². The molecule has 2 heterocycles. The van der Waals surface area contributed by atoms with Crippen molar-refractivity contribution in [2.45, 2.75) is 6.61 Å². The molecule has 0 saturated heterocycles. The molecular formula is C20H13ClF2N2O. The summed E-state index contributed by atoms with van der Waals surface area (Å²) in [5, 5.41) is 10.7. The van der Waals surface area contributed by atoms with Crippen LogP contribution in [-0.4, -0.2) is 15.1 Å². The molecule has 6 heteroatoms. The molecule has 0 aliphatic rings. The van der Waals surface area contributed by atoms with Crippen LogP contribution in [0.4, 0.5) is 8.78 Å². The van der Waals surface area contributed by atoms with Crippen LogP contribution in [0.3, 0.4) is 0 Å². The largest absolute Gasteiger partial charge is 0.391 e. The zero-order valence-electron chi connectivity index (χ0n) is 13.4. The molecule has 0 spiro atoms. The number of nitrogens with one attached hydrogen (secondary N) is 1. The average molecular weight is 371 g/mol. The van der Waals surface area contributed by atoms with E-state index in [0.717, 1.165) is 28.2 Å². The molecule has 0 aliphatic carbocycles. The zero-order valence-corrected chi connectivity index (χ0v) is 14.2. The van der Waals surface area contributed by atoms with Crippen molar-refractivity contribution in [1.82, 2.24) is 9.97 Å². The second kappa shape index (κ2) is 6.52. The number of rotatable bonds is 3. The minimum absolute atomic E-state index is 0.145. The van der Waals surface area contributed by atoms with Crippen molar-refractivity contribution in [3.8, 4) is 22.5 Å². The smallest absolute Gasteiger partial charge is 0.141 e. The lowest BCUT2D eigenvalue weighted by molar-refractivity contribution is 0.269. The van der Waals surface area contributed by atoms with Crippen LogP contribution >= 0.6 is 11.6 Å². The normalized spacial score (nSPS) is 11.2. The van der Waals surface area contributed by atoms with Crippen LogP contribution in [0.5, 0.6) is 0 Å². The molecule has 4 rings (SSSR count). The number of pyridine rings is 1. The molecule has 2 N–H and O–H groups in total. The third kappa shape index (κ3) is 2.85. The molecule has 0 saturated carbocycles. The fourth-order valence-electron chi connectivity index (χ4n) is 2.90. The van der Waals surface area contributed by atoms with Gasteiger partial charge in [0.05, 0.1) is 24.0 Å². The number of aromatic nitrogens is 2. The maximum absolute atomic E-state index is 14.5. The minimum Gasteiger partial charge on any atom is -0.391 e. The Bertz CT molecular complexity index is 1110. The maximum atomic E-state index is 14.5. The number of halogens is 3. The molecule has 0 unspecified atom stereocenters. The van der Waals surface area contributed by atoms with Crippen molar-refractivity contribution < 1.29 is 13.9 Å². The van der Waals surface area contributed by atoms with Crippen LogP contribution in [-0.2, 0) is 6.61 Å². The highest BCUT2D eigenvalue weighted by Gasteiger charge is 2.16. The molecule has 0 fully saturated rings. The summed E-state index contributed by atoms with van der Waals surface area (Å²) < 4.78 is 28.1. The fourth-order valence-corrected chi connectivity index (χ4v) is 3.03. The van der Waals surface area contributed by atoms with E-state index in [-0.39, 0.29) is 11.1 Å². The van der Waals surface area contributed by atoms with Gasteiger partial charge in [-0.2, -0.15) is 0 Å². The molecule has 2 aromatic heterocycles. The zero-order chi connectivity index (χ0) is 18.3. The maximum Gasteiger partial charge on any atom is 0.141 e. The molecule has 0 aliphatic heterocycles. The van der Waals surface area contributed by atoms with Gasteiger partial charge < -0.3 is 10.1 Å². The van der Waals surface area contributed by atoms with Gasteiger partial charge in [-0.05, 0) is 42.0 Å². The highest BCUT2D eigenvalue weighted by molar-refractivity contribution is 6.30. The van der Waals surface area contributed by atoms with E-state index in [1.165, 1.54) is 6.07 Å². The molecule has 0 bridgehead atoms. The third-order valence-electron chi connectivity index (χ3n) is 4.28. The number of fused-ring (bicyclic) bond motifs is 1. The lowest BCUT2D eigenvalue weighted by Gasteiger charge is -2.07. The molecule has 2 aromatic carbocycles. The minimum atomic E-state index is -0.798. The summed E-state index contributed by atoms with van der Waals surface area (Å²) in [5.41, 5.74) is 2.79.